The van der Waals surface area contributed by atoms with Crippen LogP contribution >= 0.6 is 11.3 Å². The molecule has 1 N–H and O–H groups in total. The molecule has 1 atom stereocenters. The maximum absolute atomic E-state index is 12.5. The Hall–Kier alpha value is -2.18. The summed E-state index contributed by atoms with van der Waals surface area (Å²) >= 11 is 1.60. The molecule has 1 unspecified atom stereocenters. The standard InChI is InChI=1S/C19H22N4OS/c1-2-22-11-5-6-15(22)13-20-18(24)14-7-8-16-17(12-14)25-19(21-16)23-9-3-4-10-23/h3-4,7-10,12,15H,2,5-6,11,13H2,1H3,(H,20,24). The number of nitrogens with zero attached hydrogens (tertiary/aromatic N) is 3. The number of fused-ring (bicyclic) bond motifs is 1. The van der Waals surface area contributed by atoms with Gasteiger partial charge in [0.2, 0.25) is 0 Å². The first kappa shape index (κ1) is 16.3. The minimum atomic E-state index is 0.000710. The number of carbonyl (C=O) groups is 1. The second-order valence-electron chi connectivity index (χ2n) is 6.40. The lowest BCUT2D eigenvalue weighted by Crippen LogP contribution is -2.40. The molecule has 4 rings (SSSR count). The fourth-order valence-electron chi connectivity index (χ4n) is 3.48. The predicted octanol–water partition coefficient (Wildman–Crippen LogP) is 3.30. The van der Waals surface area contributed by atoms with Crippen LogP contribution in [0.4, 0.5) is 0 Å². The topological polar surface area (TPSA) is 50.2 Å². The van der Waals surface area contributed by atoms with Gasteiger partial charge in [-0.3, -0.25) is 9.69 Å². The van der Waals surface area contributed by atoms with Crippen molar-refractivity contribution in [3.8, 4) is 5.13 Å². The molecule has 6 heteroatoms. The van der Waals surface area contributed by atoms with E-state index in [1.165, 1.54) is 12.8 Å². The van der Waals surface area contributed by atoms with Gasteiger partial charge in [0.15, 0.2) is 5.13 Å². The average Bonchev–Trinajstić information content (AvgIpc) is 3.38. The van der Waals surface area contributed by atoms with E-state index in [2.05, 4.69) is 22.1 Å². The molecule has 5 nitrogen and oxygen atoms in total. The van der Waals surface area contributed by atoms with E-state index in [1.807, 2.05) is 47.3 Å². The summed E-state index contributed by atoms with van der Waals surface area (Å²) in [5.74, 6) is 0.000710. The number of likely N-dealkylation sites (N-methyl/N-ethyl adjacent to an activating group) is 1. The number of hydrogen-bond acceptors (Lipinski definition) is 4. The molecule has 25 heavy (non-hydrogen) atoms. The van der Waals surface area contributed by atoms with Gasteiger partial charge < -0.3 is 9.88 Å². The molecule has 3 aromatic rings. The number of hydrogen-bond donors (Lipinski definition) is 1. The molecule has 0 saturated carbocycles. The highest BCUT2D eigenvalue weighted by Gasteiger charge is 2.23. The van der Waals surface area contributed by atoms with Gasteiger partial charge in [-0.25, -0.2) is 4.98 Å². The van der Waals surface area contributed by atoms with Crippen LogP contribution in [0.15, 0.2) is 42.7 Å². The SMILES string of the molecule is CCN1CCCC1CNC(=O)c1ccc2nc(-n3cccc3)sc2c1. The molecule has 1 aromatic carbocycles. The van der Waals surface area contributed by atoms with Crippen LogP contribution in [-0.4, -0.2) is 46.0 Å². The number of nitrogens with one attached hydrogen (secondary N) is 1. The zero-order valence-corrected chi connectivity index (χ0v) is 15.1. The Morgan fingerprint density at radius 3 is 3.00 bits per heavy atom. The van der Waals surface area contributed by atoms with Crippen molar-refractivity contribution in [2.75, 3.05) is 19.6 Å². The molecule has 130 valence electrons. The van der Waals surface area contributed by atoms with E-state index in [-0.39, 0.29) is 5.91 Å². The fraction of sp³-hybridized carbons (Fsp3) is 0.368. The lowest BCUT2D eigenvalue weighted by atomic mass is 10.2. The van der Waals surface area contributed by atoms with Crippen molar-refractivity contribution in [2.45, 2.75) is 25.8 Å². The zero-order chi connectivity index (χ0) is 17.2. The Morgan fingerprint density at radius 2 is 2.20 bits per heavy atom. The van der Waals surface area contributed by atoms with Crippen molar-refractivity contribution in [1.82, 2.24) is 19.8 Å². The van der Waals surface area contributed by atoms with Crippen molar-refractivity contribution >= 4 is 27.5 Å². The van der Waals surface area contributed by atoms with Crippen LogP contribution in [0.1, 0.15) is 30.1 Å². The first-order chi connectivity index (χ1) is 12.2. The molecule has 0 spiro atoms. The minimum Gasteiger partial charge on any atom is -0.350 e. The quantitative estimate of drug-likeness (QED) is 0.765. The van der Waals surface area contributed by atoms with Crippen LogP contribution in [0.2, 0.25) is 0 Å². The summed E-state index contributed by atoms with van der Waals surface area (Å²) in [6.45, 7) is 5.10. The smallest absolute Gasteiger partial charge is 0.251 e. The molecule has 1 fully saturated rings. The van der Waals surface area contributed by atoms with Gasteiger partial charge in [0.1, 0.15) is 0 Å². The van der Waals surface area contributed by atoms with Gasteiger partial charge in [-0.05, 0) is 56.3 Å². The van der Waals surface area contributed by atoms with Crippen LogP contribution in [0.5, 0.6) is 0 Å². The predicted molar refractivity (Wildman–Crippen MR) is 102 cm³/mol. The highest BCUT2D eigenvalue weighted by molar-refractivity contribution is 7.20. The van der Waals surface area contributed by atoms with Crippen LogP contribution in [0.3, 0.4) is 0 Å². The van der Waals surface area contributed by atoms with E-state index in [1.54, 1.807) is 11.3 Å². The van der Waals surface area contributed by atoms with Crippen molar-refractivity contribution < 1.29 is 4.79 Å². The number of benzene rings is 1. The molecular weight excluding hydrogens is 332 g/mol. The lowest BCUT2D eigenvalue weighted by Gasteiger charge is -2.22. The maximum atomic E-state index is 12.5. The van der Waals surface area contributed by atoms with E-state index in [0.29, 0.717) is 11.6 Å². The van der Waals surface area contributed by atoms with E-state index < -0.39 is 0 Å². The van der Waals surface area contributed by atoms with E-state index in [9.17, 15) is 4.79 Å². The molecule has 3 heterocycles. The third-order valence-corrected chi connectivity index (χ3v) is 5.90. The van der Waals surface area contributed by atoms with Gasteiger partial charge in [-0.1, -0.05) is 18.3 Å². The first-order valence-corrected chi connectivity index (χ1v) is 9.62. The third kappa shape index (κ3) is 3.32. The second-order valence-corrected chi connectivity index (χ2v) is 7.41. The molecule has 1 aliphatic heterocycles. The van der Waals surface area contributed by atoms with Gasteiger partial charge in [0, 0.05) is 30.5 Å². The van der Waals surface area contributed by atoms with E-state index in [4.69, 9.17) is 0 Å². The second kappa shape index (κ2) is 6.98. The molecule has 0 bridgehead atoms. The van der Waals surface area contributed by atoms with Crippen molar-refractivity contribution in [3.05, 3.63) is 48.3 Å². The average molecular weight is 354 g/mol. The molecule has 2 aromatic heterocycles. The first-order valence-electron chi connectivity index (χ1n) is 8.81. The summed E-state index contributed by atoms with van der Waals surface area (Å²) in [5.41, 5.74) is 1.63. The van der Waals surface area contributed by atoms with Crippen molar-refractivity contribution in [2.24, 2.45) is 0 Å². The zero-order valence-electron chi connectivity index (χ0n) is 14.3. The Bertz CT molecular complexity index is 871. The summed E-state index contributed by atoms with van der Waals surface area (Å²) < 4.78 is 3.02. The Morgan fingerprint density at radius 1 is 1.36 bits per heavy atom. The number of rotatable bonds is 5. The minimum absolute atomic E-state index is 0.000710. The van der Waals surface area contributed by atoms with Crippen molar-refractivity contribution in [3.63, 3.8) is 0 Å². The largest absolute Gasteiger partial charge is 0.350 e. The molecule has 1 saturated heterocycles. The fourth-order valence-corrected chi connectivity index (χ4v) is 4.45. The summed E-state index contributed by atoms with van der Waals surface area (Å²) in [6.07, 6.45) is 6.35. The number of amides is 1. The van der Waals surface area contributed by atoms with Crippen LogP contribution in [0, 0.1) is 0 Å². The van der Waals surface area contributed by atoms with Gasteiger partial charge >= 0.3 is 0 Å². The Kier molecular flexibility index (Phi) is 4.55. The Balaban J connectivity index is 1.48. The summed E-state index contributed by atoms with van der Waals surface area (Å²) in [5, 5.41) is 4.02. The molecule has 0 radical (unpaired) electrons. The Labute approximate surface area is 151 Å². The lowest BCUT2D eigenvalue weighted by molar-refractivity contribution is 0.0941. The summed E-state index contributed by atoms with van der Waals surface area (Å²) in [7, 11) is 0. The van der Waals surface area contributed by atoms with E-state index >= 15 is 0 Å². The van der Waals surface area contributed by atoms with Crippen LogP contribution in [-0.2, 0) is 0 Å². The summed E-state index contributed by atoms with van der Waals surface area (Å²) in [6, 6.07) is 10.2. The molecule has 1 aliphatic rings. The van der Waals surface area contributed by atoms with Gasteiger partial charge in [0.05, 0.1) is 10.2 Å². The molecule has 1 amide bonds. The monoisotopic (exact) mass is 354 g/mol. The van der Waals surface area contributed by atoms with E-state index in [0.717, 1.165) is 35.0 Å². The number of thiazole rings is 1. The molecule has 0 aliphatic carbocycles. The maximum Gasteiger partial charge on any atom is 0.251 e. The van der Waals surface area contributed by atoms with Gasteiger partial charge in [0.25, 0.3) is 5.91 Å². The summed E-state index contributed by atoms with van der Waals surface area (Å²) in [4.78, 5) is 19.6. The normalized spacial score (nSPS) is 18.0. The number of likely N-dealkylation sites (tertiary alicyclic amines) is 1. The van der Waals surface area contributed by atoms with Crippen LogP contribution < -0.4 is 5.32 Å². The third-order valence-electron chi connectivity index (χ3n) is 4.87. The van der Waals surface area contributed by atoms with Crippen LogP contribution in [0.25, 0.3) is 15.3 Å². The highest BCUT2D eigenvalue weighted by Crippen LogP contribution is 2.26. The van der Waals surface area contributed by atoms with Gasteiger partial charge in [-0.15, -0.1) is 0 Å². The number of carbonyl (C=O) groups excluding carboxylic acids is 1. The highest BCUT2D eigenvalue weighted by atomic mass is 32.1. The number of aromatic nitrogens is 2. The molecular formula is C19H22N4OS. The van der Waals surface area contributed by atoms with Crippen molar-refractivity contribution in [1.29, 1.82) is 0 Å². The van der Waals surface area contributed by atoms with Gasteiger partial charge in [-0.2, -0.15) is 0 Å².